The lowest BCUT2D eigenvalue weighted by atomic mass is 10.1. The number of rotatable bonds is 6. The second-order valence-electron chi connectivity index (χ2n) is 5.80. The van der Waals surface area contributed by atoms with Gasteiger partial charge in [-0.15, -0.1) is 0 Å². The van der Waals surface area contributed by atoms with Crippen molar-refractivity contribution < 1.29 is 9.69 Å². The van der Waals surface area contributed by atoms with Crippen molar-refractivity contribution in [1.82, 2.24) is 4.98 Å². The Labute approximate surface area is 136 Å². The predicted octanol–water partition coefficient (Wildman–Crippen LogP) is 2.19. The maximum absolute atomic E-state index is 12.0. The third-order valence-corrected chi connectivity index (χ3v) is 5.34. The molecule has 0 radical (unpaired) electrons. The number of carbonyl (C=O) groups is 1. The molecule has 22 heavy (non-hydrogen) atoms. The van der Waals surface area contributed by atoms with E-state index < -0.39 is 0 Å². The van der Waals surface area contributed by atoms with Crippen LogP contribution in [0, 0.1) is 13.8 Å². The highest BCUT2D eigenvalue weighted by molar-refractivity contribution is 7.22. The van der Waals surface area contributed by atoms with Gasteiger partial charge in [0.05, 0.1) is 36.4 Å². The summed E-state index contributed by atoms with van der Waals surface area (Å²) in [7, 11) is 0. The molecule has 0 unspecified atom stereocenters. The minimum absolute atomic E-state index is 0.0694. The average Bonchev–Trinajstić information content (AvgIpc) is 2.87. The molecular weight excluding hydrogens is 294 g/mol. The third kappa shape index (κ3) is 3.65. The number of fused-ring (bicyclic) bond motifs is 1. The molecule has 1 heterocycles. The van der Waals surface area contributed by atoms with Gasteiger partial charge in [-0.3, -0.25) is 9.69 Å². The number of likely N-dealkylation sites (N-methyl/N-ethyl adjacent to an activating group) is 1. The summed E-state index contributed by atoms with van der Waals surface area (Å²) in [6.45, 7) is 14.0. The monoisotopic (exact) mass is 320 g/mol. The summed E-state index contributed by atoms with van der Waals surface area (Å²) >= 11 is 1.62. The number of aromatic nitrogens is 1. The van der Waals surface area contributed by atoms with Crippen LogP contribution in [0.1, 0.15) is 31.9 Å². The number of amides is 1. The number of thiazole rings is 1. The fourth-order valence-electron chi connectivity index (χ4n) is 2.74. The number of nitrogens with zero attached hydrogens (tertiary/aromatic N) is 2. The molecule has 4 nitrogen and oxygen atoms in total. The highest BCUT2D eigenvalue weighted by atomic mass is 32.1. The van der Waals surface area contributed by atoms with Crippen molar-refractivity contribution in [1.29, 1.82) is 0 Å². The van der Waals surface area contributed by atoms with E-state index in [0.29, 0.717) is 0 Å². The standard InChI is InChI=1S/C17H25N3OS/c1-6-19(7-2)8-9-20(14(5)21)17-18-15-11-12(3)10-13(4)16(15)22-17/h10-11H,6-9H2,1-5H3/p+1. The number of benzene rings is 1. The topological polar surface area (TPSA) is 37.6 Å². The van der Waals surface area contributed by atoms with Crippen molar-refractivity contribution in [2.45, 2.75) is 34.6 Å². The van der Waals surface area contributed by atoms with Crippen LogP contribution >= 0.6 is 11.3 Å². The zero-order valence-electron chi connectivity index (χ0n) is 14.2. The zero-order chi connectivity index (χ0) is 16.3. The first-order valence-electron chi connectivity index (χ1n) is 7.95. The fourth-order valence-corrected chi connectivity index (χ4v) is 3.83. The molecule has 120 valence electrons. The van der Waals surface area contributed by atoms with Crippen LogP contribution in [0.3, 0.4) is 0 Å². The molecule has 0 aliphatic rings. The van der Waals surface area contributed by atoms with E-state index in [-0.39, 0.29) is 5.91 Å². The molecule has 1 aromatic carbocycles. The third-order valence-electron chi connectivity index (χ3n) is 4.11. The Morgan fingerprint density at radius 1 is 1.27 bits per heavy atom. The number of anilines is 1. The molecular formula is C17H26N3OS+. The second-order valence-corrected chi connectivity index (χ2v) is 6.78. The molecule has 2 rings (SSSR count). The smallest absolute Gasteiger partial charge is 0.225 e. The number of nitrogens with one attached hydrogen (secondary N) is 1. The van der Waals surface area contributed by atoms with Gasteiger partial charge in [0, 0.05) is 6.92 Å². The molecule has 0 atom stereocenters. The highest BCUT2D eigenvalue weighted by Gasteiger charge is 2.19. The summed E-state index contributed by atoms with van der Waals surface area (Å²) in [5.41, 5.74) is 3.44. The van der Waals surface area contributed by atoms with Crippen LogP contribution in [0.4, 0.5) is 5.13 Å². The Morgan fingerprint density at radius 2 is 1.95 bits per heavy atom. The number of carbonyl (C=O) groups excluding carboxylic acids is 1. The molecule has 0 bridgehead atoms. The van der Waals surface area contributed by atoms with E-state index in [1.807, 2.05) is 4.90 Å². The van der Waals surface area contributed by atoms with Gasteiger partial charge in [-0.25, -0.2) is 4.98 Å². The lowest BCUT2D eigenvalue weighted by molar-refractivity contribution is -0.894. The van der Waals surface area contributed by atoms with Crippen molar-refractivity contribution in [3.63, 3.8) is 0 Å². The molecule has 5 heteroatoms. The van der Waals surface area contributed by atoms with E-state index >= 15 is 0 Å². The summed E-state index contributed by atoms with van der Waals surface area (Å²) in [5.74, 6) is 0.0694. The van der Waals surface area contributed by atoms with Gasteiger partial charge in [0.2, 0.25) is 5.91 Å². The van der Waals surface area contributed by atoms with E-state index in [4.69, 9.17) is 4.98 Å². The molecule has 0 spiro atoms. The van der Waals surface area contributed by atoms with Crippen molar-refractivity contribution in [3.8, 4) is 0 Å². The van der Waals surface area contributed by atoms with Crippen molar-refractivity contribution in [2.24, 2.45) is 0 Å². The van der Waals surface area contributed by atoms with Gasteiger partial charge in [-0.1, -0.05) is 17.4 Å². The van der Waals surface area contributed by atoms with Crippen molar-refractivity contribution in [2.75, 3.05) is 31.1 Å². The van der Waals surface area contributed by atoms with E-state index in [2.05, 4.69) is 39.8 Å². The first kappa shape index (κ1) is 16.9. The maximum Gasteiger partial charge on any atom is 0.225 e. The Kier molecular flexibility index (Phi) is 5.53. The Hall–Kier alpha value is -1.46. The molecule has 0 saturated carbocycles. The largest absolute Gasteiger partial charge is 0.334 e. The Balaban J connectivity index is 2.29. The lowest BCUT2D eigenvalue weighted by Crippen LogP contribution is -3.12. The van der Waals surface area contributed by atoms with Crippen LogP contribution in [0.15, 0.2) is 12.1 Å². The first-order valence-corrected chi connectivity index (χ1v) is 8.77. The molecule has 1 aromatic heterocycles. The highest BCUT2D eigenvalue weighted by Crippen LogP contribution is 2.31. The molecule has 0 fully saturated rings. The van der Waals surface area contributed by atoms with Crippen LogP contribution in [-0.2, 0) is 4.79 Å². The Morgan fingerprint density at radius 3 is 2.55 bits per heavy atom. The second kappa shape index (κ2) is 7.20. The molecule has 1 N–H and O–H groups in total. The van der Waals surface area contributed by atoms with Crippen LogP contribution in [-0.4, -0.2) is 37.1 Å². The van der Waals surface area contributed by atoms with E-state index in [1.165, 1.54) is 20.7 Å². The number of hydrogen-bond acceptors (Lipinski definition) is 3. The van der Waals surface area contributed by atoms with Crippen molar-refractivity contribution in [3.05, 3.63) is 23.3 Å². The van der Waals surface area contributed by atoms with E-state index in [9.17, 15) is 4.79 Å². The van der Waals surface area contributed by atoms with Crippen LogP contribution in [0.5, 0.6) is 0 Å². The van der Waals surface area contributed by atoms with Crippen LogP contribution < -0.4 is 9.80 Å². The normalized spacial score (nSPS) is 11.4. The van der Waals surface area contributed by atoms with Gasteiger partial charge in [0.1, 0.15) is 0 Å². The minimum atomic E-state index is 0.0694. The molecule has 0 aliphatic carbocycles. The van der Waals surface area contributed by atoms with Crippen LogP contribution in [0.2, 0.25) is 0 Å². The molecule has 1 amide bonds. The summed E-state index contributed by atoms with van der Waals surface area (Å²) in [4.78, 5) is 20.1. The predicted molar refractivity (Wildman–Crippen MR) is 94.0 cm³/mol. The number of aryl methyl sites for hydroxylation is 2. The zero-order valence-corrected chi connectivity index (χ0v) is 15.0. The van der Waals surface area contributed by atoms with E-state index in [0.717, 1.165) is 36.8 Å². The van der Waals surface area contributed by atoms with Gasteiger partial charge in [-0.05, 0) is 44.9 Å². The quantitative estimate of drug-likeness (QED) is 0.886. The van der Waals surface area contributed by atoms with Gasteiger partial charge in [-0.2, -0.15) is 0 Å². The summed E-state index contributed by atoms with van der Waals surface area (Å²) in [6, 6.07) is 4.26. The summed E-state index contributed by atoms with van der Waals surface area (Å²) in [6.07, 6.45) is 0. The van der Waals surface area contributed by atoms with Gasteiger partial charge < -0.3 is 4.90 Å². The average molecular weight is 320 g/mol. The Bertz CT molecular complexity index is 661. The van der Waals surface area contributed by atoms with Crippen molar-refractivity contribution >= 4 is 32.6 Å². The first-order chi connectivity index (χ1) is 10.5. The number of hydrogen-bond donors (Lipinski definition) is 1. The summed E-state index contributed by atoms with van der Waals surface area (Å²) in [5, 5.41) is 0.822. The van der Waals surface area contributed by atoms with Gasteiger partial charge >= 0.3 is 0 Å². The maximum atomic E-state index is 12.0. The summed E-state index contributed by atoms with van der Waals surface area (Å²) < 4.78 is 1.18. The van der Waals surface area contributed by atoms with Gasteiger partial charge in [0.15, 0.2) is 5.13 Å². The van der Waals surface area contributed by atoms with Gasteiger partial charge in [0.25, 0.3) is 0 Å². The number of quaternary nitrogens is 1. The van der Waals surface area contributed by atoms with E-state index in [1.54, 1.807) is 18.3 Å². The fraction of sp³-hybridized carbons (Fsp3) is 0.529. The molecule has 0 aliphatic heterocycles. The lowest BCUT2D eigenvalue weighted by Gasteiger charge is -2.21. The SMILES string of the molecule is CC[NH+](CC)CCN(C(C)=O)c1nc2cc(C)cc(C)c2s1. The molecule has 2 aromatic rings. The molecule has 0 saturated heterocycles. The minimum Gasteiger partial charge on any atom is -0.334 e. The van der Waals surface area contributed by atoms with Crippen LogP contribution in [0.25, 0.3) is 10.2 Å².